The van der Waals surface area contributed by atoms with E-state index in [4.69, 9.17) is 36.8 Å². The van der Waals surface area contributed by atoms with Crippen LogP contribution < -0.4 is 38.2 Å². The molecule has 0 saturated carbocycles. The van der Waals surface area contributed by atoms with Crippen molar-refractivity contribution in [3.8, 4) is 56.8 Å². The van der Waals surface area contributed by atoms with Gasteiger partial charge >= 0.3 is 5.91 Å². The molecule has 0 aliphatic rings. The molecule has 2 aromatic carbocycles. The molecule has 52 heavy (non-hydrogen) atoms. The van der Waals surface area contributed by atoms with Crippen molar-refractivity contribution in [2.75, 3.05) is 85.6 Å². The molecule has 0 atom stereocenters. The first-order chi connectivity index (χ1) is 24.5. The summed E-state index contributed by atoms with van der Waals surface area (Å²) < 4.78 is 94.5. The minimum absolute atomic E-state index is 0.114. The Balaban J connectivity index is 1.73. The molecular weight excluding hydrogens is 721 g/mol. The van der Waals surface area contributed by atoms with Crippen LogP contribution in [0.5, 0.6) is 34.5 Å². The second-order valence-electron chi connectivity index (χ2n) is 11.3. The van der Waals surface area contributed by atoms with E-state index in [0.29, 0.717) is 62.6 Å². The third-order valence-corrected chi connectivity index (χ3v) is 8.86. The number of hydrogen-bond acceptors (Lipinski definition) is 16. The van der Waals surface area contributed by atoms with Crippen LogP contribution >= 0.6 is 0 Å². The van der Waals surface area contributed by atoms with Gasteiger partial charge in [-0.15, -0.1) is 0 Å². The Kier molecular flexibility index (Phi) is 12.3. The number of benzene rings is 2. The third-order valence-electron chi connectivity index (χ3n) is 7.74. The number of aromatic nitrogens is 2. The maximum Gasteiger partial charge on any atom is 0.301 e. The molecule has 0 amide bonds. The number of hydrogen-bond donors (Lipinski definition) is 0. The van der Waals surface area contributed by atoms with Gasteiger partial charge in [-0.25, -0.2) is 18.3 Å². The van der Waals surface area contributed by atoms with Gasteiger partial charge in [0.25, 0.3) is 20.2 Å². The van der Waals surface area contributed by atoms with E-state index in [0.717, 1.165) is 12.5 Å². The van der Waals surface area contributed by atoms with Crippen molar-refractivity contribution in [3.05, 3.63) is 60.9 Å². The van der Waals surface area contributed by atoms with Gasteiger partial charge in [-0.05, 0) is 59.7 Å². The van der Waals surface area contributed by atoms with Crippen LogP contribution in [0, 0.1) is 0 Å². The van der Waals surface area contributed by atoms with Gasteiger partial charge in [0.2, 0.25) is 11.5 Å². The zero-order valence-electron chi connectivity index (χ0n) is 30.5. The fourth-order valence-corrected chi connectivity index (χ4v) is 6.73. The number of ether oxygens (including phenoxy) is 6. The minimum Gasteiger partial charge on any atom is -0.493 e. The van der Waals surface area contributed by atoms with Crippen molar-refractivity contribution < 1.29 is 53.6 Å². The lowest BCUT2D eigenvalue weighted by Crippen LogP contribution is -2.59. The molecule has 0 aliphatic heterocycles. The van der Waals surface area contributed by atoms with Crippen molar-refractivity contribution in [3.63, 3.8) is 0 Å². The van der Waals surface area contributed by atoms with E-state index in [1.807, 2.05) is 0 Å². The minimum atomic E-state index is -4.35. The number of methoxy groups -OCH3 is 6. The van der Waals surface area contributed by atoms with E-state index in [2.05, 4.69) is 9.97 Å². The number of nitrogens with zero attached hydrogens (tertiary/aromatic N) is 4. The number of rotatable bonds is 17. The van der Waals surface area contributed by atoms with E-state index in [1.165, 1.54) is 65.7 Å². The van der Waals surface area contributed by atoms with Crippen LogP contribution in [0.4, 0.5) is 11.6 Å². The molecule has 0 spiro atoms. The lowest BCUT2D eigenvalue weighted by molar-refractivity contribution is -0.0935. The van der Waals surface area contributed by atoms with E-state index >= 15 is 0 Å². The predicted octanol–water partition coefficient (Wildman–Crippen LogP) is 4.04. The van der Waals surface area contributed by atoms with Crippen LogP contribution in [0.15, 0.2) is 60.9 Å². The van der Waals surface area contributed by atoms with Gasteiger partial charge in [0, 0.05) is 37.6 Å². The first kappa shape index (κ1) is 39.7. The molecule has 0 saturated heterocycles. The predicted molar refractivity (Wildman–Crippen MR) is 195 cm³/mol. The number of pyridine rings is 2. The number of anilines is 2. The SMILES string of the molecule is COc1cc(-c2ccc(N(C)CC(OS(C)(=O)=O)(OS(C)(=O)=O)N(C)c3ccc(-c4cc(OC)c(OC)c(OC)c4)cn3)nc2)cc(OC)c1OC. The van der Waals surface area contributed by atoms with Gasteiger partial charge < -0.3 is 38.2 Å². The normalized spacial score (nSPS) is 11.8. The van der Waals surface area contributed by atoms with Crippen LogP contribution in [0.1, 0.15) is 0 Å². The smallest absolute Gasteiger partial charge is 0.301 e. The monoisotopic (exact) mass is 762 g/mol. The van der Waals surface area contributed by atoms with E-state index in [9.17, 15) is 16.8 Å². The van der Waals surface area contributed by atoms with Gasteiger partial charge in [0.05, 0.1) is 61.7 Å². The first-order valence-electron chi connectivity index (χ1n) is 15.3. The highest BCUT2D eigenvalue weighted by atomic mass is 32.2. The summed E-state index contributed by atoms with van der Waals surface area (Å²) in [5, 5.41) is 0. The van der Waals surface area contributed by atoms with Gasteiger partial charge in [0.1, 0.15) is 11.6 Å². The zero-order valence-corrected chi connectivity index (χ0v) is 32.1. The van der Waals surface area contributed by atoms with Crippen LogP contribution in [-0.2, 0) is 28.6 Å². The highest BCUT2D eigenvalue weighted by molar-refractivity contribution is 7.86. The van der Waals surface area contributed by atoms with Gasteiger partial charge in [-0.3, -0.25) is 0 Å². The summed E-state index contributed by atoms with van der Waals surface area (Å²) in [4.78, 5) is 11.7. The molecule has 0 N–H and O–H groups in total. The van der Waals surface area contributed by atoms with Crippen molar-refractivity contribution in [2.45, 2.75) is 5.91 Å². The maximum atomic E-state index is 12.7. The summed E-state index contributed by atoms with van der Waals surface area (Å²) in [6.07, 6.45) is 4.65. The van der Waals surface area contributed by atoms with E-state index < -0.39 is 32.7 Å². The summed E-state index contributed by atoms with van der Waals surface area (Å²) in [7, 11) is 3.29. The van der Waals surface area contributed by atoms with Gasteiger partial charge in [-0.1, -0.05) is 0 Å². The second kappa shape index (κ2) is 16.1. The van der Waals surface area contributed by atoms with Crippen LogP contribution in [-0.4, -0.2) is 109 Å². The molecule has 282 valence electrons. The quantitative estimate of drug-likeness (QED) is 0.111. The highest BCUT2D eigenvalue weighted by Gasteiger charge is 2.46. The molecule has 0 radical (unpaired) electrons. The molecule has 4 aromatic rings. The lowest BCUT2D eigenvalue weighted by Gasteiger charge is -2.41. The molecule has 0 bridgehead atoms. The maximum absolute atomic E-state index is 12.7. The molecule has 4 rings (SSSR count). The van der Waals surface area contributed by atoms with Crippen molar-refractivity contribution >= 4 is 31.9 Å². The van der Waals surface area contributed by atoms with Crippen molar-refractivity contribution in [1.82, 2.24) is 9.97 Å². The largest absolute Gasteiger partial charge is 0.493 e. The van der Waals surface area contributed by atoms with Crippen LogP contribution in [0.2, 0.25) is 0 Å². The summed E-state index contributed by atoms with van der Waals surface area (Å²) in [6.45, 7) is -0.476. The molecule has 0 unspecified atom stereocenters. The first-order valence-corrected chi connectivity index (χ1v) is 18.9. The molecule has 2 heterocycles. The van der Waals surface area contributed by atoms with E-state index in [1.54, 1.807) is 61.8 Å². The Labute approximate surface area is 304 Å². The zero-order chi connectivity index (χ0) is 38.4. The fraction of sp³-hybridized carbons (Fsp3) is 0.353. The summed E-state index contributed by atoms with van der Waals surface area (Å²) in [6, 6.07) is 13.7. The molecule has 16 nitrogen and oxygen atoms in total. The van der Waals surface area contributed by atoms with Crippen LogP contribution in [0.25, 0.3) is 22.3 Å². The molecule has 2 aromatic heterocycles. The molecule has 0 aliphatic carbocycles. The Hall–Kier alpha value is -5.04. The Morgan fingerprint density at radius 3 is 1.21 bits per heavy atom. The Morgan fingerprint density at radius 2 is 0.923 bits per heavy atom. The average Bonchev–Trinajstić information content (AvgIpc) is 3.11. The van der Waals surface area contributed by atoms with Crippen molar-refractivity contribution in [1.29, 1.82) is 0 Å². The second-order valence-corrected chi connectivity index (χ2v) is 14.5. The van der Waals surface area contributed by atoms with E-state index in [-0.39, 0.29) is 5.82 Å². The Morgan fingerprint density at radius 1 is 0.558 bits per heavy atom. The highest BCUT2D eigenvalue weighted by Crippen LogP contribution is 2.43. The van der Waals surface area contributed by atoms with Gasteiger partial charge in [-0.2, -0.15) is 16.8 Å². The van der Waals surface area contributed by atoms with Crippen LogP contribution in [0.3, 0.4) is 0 Å². The van der Waals surface area contributed by atoms with Crippen molar-refractivity contribution in [2.24, 2.45) is 0 Å². The summed E-state index contributed by atoms with van der Waals surface area (Å²) in [5.74, 6) is 0.555. The Bertz CT molecular complexity index is 1990. The molecular formula is C34H42N4O12S2. The molecule has 18 heteroatoms. The third kappa shape index (κ3) is 9.05. The lowest BCUT2D eigenvalue weighted by atomic mass is 10.1. The molecule has 0 fully saturated rings. The van der Waals surface area contributed by atoms with Gasteiger partial charge in [0.15, 0.2) is 23.0 Å². The summed E-state index contributed by atoms with van der Waals surface area (Å²) in [5.41, 5.74) is 2.70. The standard InChI is InChI=1S/C34H42N4O12S2/c1-37(30-13-11-22(19-35-30)24-15-26(43-3)32(47-7)27(16-24)44-4)21-34(49-51(9,39)40,50-52(10,41)42)38(2)31-14-12-23(20-36-31)25-17-28(45-5)33(48-8)29(18-25)46-6/h11-20H,21H2,1-10H3. The fourth-order valence-electron chi connectivity index (χ4n) is 5.35. The summed E-state index contributed by atoms with van der Waals surface area (Å²) >= 11 is 0. The topological polar surface area (TPSA) is 174 Å². The number of likely N-dealkylation sites (N-methyl/N-ethyl adjacent to an activating group) is 2. The average molecular weight is 763 g/mol.